The minimum Gasteiger partial charge on any atom is -0.478 e. The average molecular weight is 269 g/mol. The normalized spacial score (nSPS) is 11.6. The van der Waals surface area contributed by atoms with Gasteiger partial charge in [-0.2, -0.15) is 0 Å². The zero-order valence-electron chi connectivity index (χ0n) is 9.43. The van der Waals surface area contributed by atoms with Crippen molar-refractivity contribution in [3.8, 4) is 0 Å². The van der Waals surface area contributed by atoms with Crippen molar-refractivity contribution in [2.45, 2.75) is 0 Å². The van der Waals surface area contributed by atoms with Gasteiger partial charge in [0.2, 0.25) is 0 Å². The Morgan fingerprint density at radius 3 is 2.16 bits per heavy atom. The number of rotatable bonds is 5. The molecule has 0 amide bonds. The Morgan fingerprint density at radius 1 is 1.11 bits per heavy atom. The molecule has 0 saturated heterocycles. The lowest BCUT2D eigenvalue weighted by molar-refractivity contribution is -0.132. The van der Waals surface area contributed by atoms with Gasteiger partial charge in [0.15, 0.2) is 0 Å². The Hall–Kier alpha value is -2.70. The van der Waals surface area contributed by atoms with Crippen LogP contribution in [0.1, 0.15) is 0 Å². The zero-order valence-corrected chi connectivity index (χ0v) is 9.43. The number of carboxylic acid groups (broad SMARTS) is 2. The van der Waals surface area contributed by atoms with Gasteiger partial charge in [-0.15, -0.1) is 0 Å². The molecular weight excluding hydrogens is 260 g/mol. The summed E-state index contributed by atoms with van der Waals surface area (Å²) in [5.41, 5.74) is -0.991. The summed E-state index contributed by atoms with van der Waals surface area (Å²) in [5.74, 6) is -4.59. The number of halogens is 2. The Kier molecular flexibility index (Phi) is 4.76. The molecule has 0 aromatic heterocycles. The fourth-order valence-corrected chi connectivity index (χ4v) is 1.13. The van der Waals surface area contributed by atoms with E-state index in [-0.39, 0.29) is 0 Å². The summed E-state index contributed by atoms with van der Waals surface area (Å²) in [7, 11) is 0. The quantitative estimate of drug-likeness (QED) is 0.562. The van der Waals surface area contributed by atoms with Gasteiger partial charge in [0.25, 0.3) is 0 Å². The van der Waals surface area contributed by atoms with E-state index >= 15 is 0 Å². The van der Waals surface area contributed by atoms with E-state index in [1.54, 1.807) is 0 Å². The molecule has 0 bridgehead atoms. The van der Waals surface area contributed by atoms with E-state index in [2.05, 4.69) is 5.32 Å². The molecule has 1 rings (SSSR count). The number of para-hydroxylation sites is 1. The van der Waals surface area contributed by atoms with E-state index in [9.17, 15) is 18.4 Å². The highest BCUT2D eigenvalue weighted by atomic mass is 19.1. The van der Waals surface area contributed by atoms with Crippen LogP contribution in [-0.2, 0) is 9.59 Å². The molecular formula is C12H9F2NO4. The fourth-order valence-electron chi connectivity index (χ4n) is 1.13. The minimum absolute atomic E-state index is 0.468. The Balaban J connectivity index is 2.99. The highest BCUT2D eigenvalue weighted by molar-refractivity contribution is 5.92. The van der Waals surface area contributed by atoms with Crippen molar-refractivity contribution in [3.05, 3.63) is 53.8 Å². The molecule has 5 nitrogen and oxygen atoms in total. The minimum atomic E-state index is -1.44. The van der Waals surface area contributed by atoms with Crippen molar-refractivity contribution in [1.82, 2.24) is 0 Å². The van der Waals surface area contributed by atoms with Gasteiger partial charge in [-0.25, -0.2) is 18.4 Å². The van der Waals surface area contributed by atoms with Crippen LogP contribution < -0.4 is 5.32 Å². The van der Waals surface area contributed by atoms with Crippen LogP contribution in [-0.4, -0.2) is 22.2 Å². The lowest BCUT2D eigenvalue weighted by atomic mass is 10.2. The summed E-state index contributed by atoms with van der Waals surface area (Å²) >= 11 is 0. The van der Waals surface area contributed by atoms with Gasteiger partial charge >= 0.3 is 11.9 Å². The third-order valence-electron chi connectivity index (χ3n) is 1.99. The van der Waals surface area contributed by atoms with Crippen LogP contribution in [0.15, 0.2) is 42.1 Å². The first-order valence-corrected chi connectivity index (χ1v) is 4.97. The molecule has 0 spiro atoms. The van der Waals surface area contributed by atoms with E-state index in [1.807, 2.05) is 0 Å². The third-order valence-corrected chi connectivity index (χ3v) is 1.99. The van der Waals surface area contributed by atoms with Crippen LogP contribution in [0.5, 0.6) is 0 Å². The molecule has 0 atom stereocenters. The third kappa shape index (κ3) is 4.23. The molecule has 0 fully saturated rings. The second-order valence-electron chi connectivity index (χ2n) is 3.32. The number of carbonyl (C=O) groups is 2. The van der Waals surface area contributed by atoms with Gasteiger partial charge in [-0.1, -0.05) is 6.07 Å². The first-order chi connectivity index (χ1) is 8.91. The number of benzene rings is 1. The number of carboxylic acids is 2. The predicted molar refractivity (Wildman–Crippen MR) is 62.5 cm³/mol. The molecule has 3 N–H and O–H groups in total. The summed E-state index contributed by atoms with van der Waals surface area (Å²) in [6.07, 6.45) is 2.18. The number of nitrogens with one attached hydrogen (secondary N) is 1. The molecule has 0 unspecified atom stereocenters. The van der Waals surface area contributed by atoms with Crippen molar-refractivity contribution >= 4 is 17.6 Å². The van der Waals surface area contributed by atoms with Gasteiger partial charge in [0, 0.05) is 12.3 Å². The van der Waals surface area contributed by atoms with Gasteiger partial charge in [-0.3, -0.25) is 0 Å². The number of hydrogen-bond acceptors (Lipinski definition) is 3. The van der Waals surface area contributed by atoms with Crippen LogP contribution in [0.25, 0.3) is 0 Å². The molecule has 0 aliphatic rings. The van der Waals surface area contributed by atoms with Crippen LogP contribution in [0.2, 0.25) is 0 Å². The molecule has 19 heavy (non-hydrogen) atoms. The molecule has 100 valence electrons. The molecule has 0 radical (unpaired) electrons. The zero-order chi connectivity index (χ0) is 14.4. The second-order valence-corrected chi connectivity index (χ2v) is 3.32. The second kappa shape index (κ2) is 6.29. The molecule has 1 aromatic rings. The molecule has 0 aliphatic heterocycles. The maximum atomic E-state index is 13.2. The van der Waals surface area contributed by atoms with Crippen LogP contribution in [0.4, 0.5) is 14.5 Å². The van der Waals surface area contributed by atoms with Crippen LogP contribution in [0.3, 0.4) is 0 Å². The van der Waals surface area contributed by atoms with Crippen molar-refractivity contribution in [3.63, 3.8) is 0 Å². The molecule has 0 saturated carbocycles. The lowest BCUT2D eigenvalue weighted by Crippen LogP contribution is -2.04. The summed E-state index contributed by atoms with van der Waals surface area (Å²) in [6.45, 7) is 0. The van der Waals surface area contributed by atoms with Crippen molar-refractivity contribution in [2.24, 2.45) is 0 Å². The van der Waals surface area contributed by atoms with Crippen LogP contribution >= 0.6 is 0 Å². The summed E-state index contributed by atoms with van der Waals surface area (Å²) in [4.78, 5) is 21.0. The first-order valence-electron chi connectivity index (χ1n) is 4.97. The van der Waals surface area contributed by atoms with Crippen LogP contribution in [0, 0.1) is 11.6 Å². The van der Waals surface area contributed by atoms with E-state index in [0.29, 0.717) is 6.08 Å². The highest BCUT2D eigenvalue weighted by Crippen LogP contribution is 2.18. The van der Waals surface area contributed by atoms with E-state index in [4.69, 9.17) is 10.2 Å². The molecule has 1 aromatic carbocycles. The summed E-state index contributed by atoms with van der Waals surface area (Å²) < 4.78 is 26.4. The maximum Gasteiger partial charge on any atom is 0.337 e. The van der Waals surface area contributed by atoms with Crippen molar-refractivity contribution in [2.75, 3.05) is 5.32 Å². The smallest absolute Gasteiger partial charge is 0.337 e. The topological polar surface area (TPSA) is 86.6 Å². The standard InChI is InChI=1S/C12H9F2NO4/c13-8-2-1-3-9(14)11(8)15-6-7(12(18)19)4-5-10(16)17/h1-6,15H,(H,16,17)(H,18,19). The Bertz CT molecular complexity index is 547. The lowest BCUT2D eigenvalue weighted by Gasteiger charge is -2.04. The van der Waals surface area contributed by atoms with E-state index < -0.39 is 34.8 Å². The Labute approximate surface area is 106 Å². The highest BCUT2D eigenvalue weighted by Gasteiger charge is 2.08. The van der Waals surface area contributed by atoms with Gasteiger partial charge in [-0.05, 0) is 18.2 Å². The molecule has 0 heterocycles. The van der Waals surface area contributed by atoms with Gasteiger partial charge in [0.1, 0.15) is 17.3 Å². The van der Waals surface area contributed by atoms with Gasteiger partial charge in [0.05, 0.1) is 5.57 Å². The van der Waals surface area contributed by atoms with Gasteiger partial charge < -0.3 is 15.5 Å². The first kappa shape index (κ1) is 14.4. The predicted octanol–water partition coefficient (Wildman–Crippen LogP) is 1.99. The fraction of sp³-hybridized carbons (Fsp3) is 0. The largest absolute Gasteiger partial charge is 0.478 e. The molecule has 0 aliphatic carbocycles. The number of aliphatic carboxylic acids is 2. The average Bonchev–Trinajstić information content (AvgIpc) is 2.31. The number of anilines is 1. The number of hydrogen-bond donors (Lipinski definition) is 3. The summed E-state index contributed by atoms with van der Waals surface area (Å²) in [5, 5.41) is 19.3. The van der Waals surface area contributed by atoms with Crippen molar-refractivity contribution < 1.29 is 28.6 Å². The van der Waals surface area contributed by atoms with E-state index in [0.717, 1.165) is 30.5 Å². The van der Waals surface area contributed by atoms with Crippen molar-refractivity contribution in [1.29, 1.82) is 0 Å². The maximum absolute atomic E-state index is 13.2. The Morgan fingerprint density at radius 2 is 1.68 bits per heavy atom. The SMILES string of the molecule is O=C(O)C=CC(=CNc1c(F)cccc1F)C(=O)O. The molecule has 7 heteroatoms. The monoisotopic (exact) mass is 269 g/mol. The summed E-state index contributed by atoms with van der Waals surface area (Å²) in [6, 6.07) is 3.14. The van der Waals surface area contributed by atoms with E-state index in [1.165, 1.54) is 0 Å².